The summed E-state index contributed by atoms with van der Waals surface area (Å²) in [6.45, 7) is 1.19. The van der Waals surface area contributed by atoms with Crippen LogP contribution in [-0.2, 0) is 0 Å². The quantitative estimate of drug-likeness (QED) is 0.605. The molecule has 1 aliphatic rings. The SMILES string of the molecule is COc1cccc(C(=O)N2CCCC(c3nnc(-c4ccccc4F)s3)C2)c1OC. The third-order valence-corrected chi connectivity index (χ3v) is 6.36. The summed E-state index contributed by atoms with van der Waals surface area (Å²) in [7, 11) is 3.07. The molecule has 0 saturated carbocycles. The maximum Gasteiger partial charge on any atom is 0.257 e. The van der Waals surface area contributed by atoms with Crippen LogP contribution in [-0.4, -0.2) is 48.3 Å². The first kappa shape index (κ1) is 20.3. The molecule has 2 aromatic carbocycles. The van der Waals surface area contributed by atoms with Gasteiger partial charge in [0.1, 0.15) is 10.8 Å². The molecule has 1 atom stereocenters. The first-order valence-corrected chi connectivity index (χ1v) is 10.5. The zero-order valence-electron chi connectivity index (χ0n) is 16.8. The zero-order chi connectivity index (χ0) is 21.1. The molecule has 0 radical (unpaired) electrons. The van der Waals surface area contributed by atoms with Crippen molar-refractivity contribution in [3.05, 3.63) is 58.9 Å². The number of benzene rings is 2. The number of hydrogen-bond donors (Lipinski definition) is 0. The third-order valence-electron chi connectivity index (χ3n) is 5.24. The van der Waals surface area contributed by atoms with Crippen molar-refractivity contribution >= 4 is 17.2 Å². The largest absolute Gasteiger partial charge is 0.493 e. The second kappa shape index (κ2) is 8.79. The Morgan fingerprint density at radius 2 is 1.97 bits per heavy atom. The lowest BCUT2D eigenvalue weighted by Crippen LogP contribution is -2.39. The van der Waals surface area contributed by atoms with Gasteiger partial charge in [-0.25, -0.2) is 4.39 Å². The van der Waals surface area contributed by atoms with Gasteiger partial charge in [0.2, 0.25) is 0 Å². The Morgan fingerprint density at radius 1 is 1.13 bits per heavy atom. The summed E-state index contributed by atoms with van der Waals surface area (Å²) in [5.41, 5.74) is 0.924. The Morgan fingerprint density at radius 3 is 2.73 bits per heavy atom. The summed E-state index contributed by atoms with van der Waals surface area (Å²) in [4.78, 5) is 15.0. The molecule has 1 amide bonds. The van der Waals surface area contributed by atoms with E-state index in [1.165, 1.54) is 24.5 Å². The van der Waals surface area contributed by atoms with Crippen molar-refractivity contribution in [3.8, 4) is 22.1 Å². The summed E-state index contributed by atoms with van der Waals surface area (Å²) < 4.78 is 24.8. The van der Waals surface area contributed by atoms with Crippen molar-refractivity contribution in [2.24, 2.45) is 0 Å². The smallest absolute Gasteiger partial charge is 0.257 e. The lowest BCUT2D eigenvalue weighted by Gasteiger charge is -2.32. The normalized spacial score (nSPS) is 16.4. The van der Waals surface area contributed by atoms with E-state index in [4.69, 9.17) is 9.47 Å². The zero-order valence-corrected chi connectivity index (χ0v) is 17.6. The third kappa shape index (κ3) is 3.87. The Bertz CT molecular complexity index is 1060. The highest BCUT2D eigenvalue weighted by atomic mass is 32.1. The summed E-state index contributed by atoms with van der Waals surface area (Å²) in [6, 6.07) is 11.8. The Labute approximate surface area is 178 Å². The van der Waals surface area contributed by atoms with Crippen LogP contribution in [0.5, 0.6) is 11.5 Å². The van der Waals surface area contributed by atoms with E-state index in [2.05, 4.69) is 10.2 Å². The minimum absolute atomic E-state index is 0.0670. The van der Waals surface area contributed by atoms with Crippen molar-refractivity contribution in [2.75, 3.05) is 27.3 Å². The van der Waals surface area contributed by atoms with Gasteiger partial charge in [0.05, 0.1) is 19.8 Å². The van der Waals surface area contributed by atoms with Gasteiger partial charge in [0.15, 0.2) is 16.5 Å². The van der Waals surface area contributed by atoms with Gasteiger partial charge in [0.25, 0.3) is 5.91 Å². The van der Waals surface area contributed by atoms with E-state index in [-0.39, 0.29) is 17.6 Å². The number of para-hydroxylation sites is 1. The average Bonchev–Trinajstić information content (AvgIpc) is 3.28. The van der Waals surface area contributed by atoms with Gasteiger partial charge >= 0.3 is 0 Å². The monoisotopic (exact) mass is 427 g/mol. The van der Waals surface area contributed by atoms with E-state index < -0.39 is 0 Å². The van der Waals surface area contributed by atoms with E-state index in [9.17, 15) is 9.18 Å². The maximum atomic E-state index is 14.1. The average molecular weight is 428 g/mol. The fourth-order valence-corrected chi connectivity index (χ4v) is 4.73. The number of amides is 1. The Kier molecular flexibility index (Phi) is 5.94. The van der Waals surface area contributed by atoms with Crippen LogP contribution in [0.15, 0.2) is 42.5 Å². The van der Waals surface area contributed by atoms with Gasteiger partial charge in [0, 0.05) is 24.6 Å². The highest BCUT2D eigenvalue weighted by Crippen LogP contribution is 2.36. The van der Waals surface area contributed by atoms with Crippen molar-refractivity contribution in [1.82, 2.24) is 15.1 Å². The number of piperidine rings is 1. The van der Waals surface area contributed by atoms with Gasteiger partial charge in [-0.2, -0.15) is 0 Å². The van der Waals surface area contributed by atoms with Crippen molar-refractivity contribution in [3.63, 3.8) is 0 Å². The first-order chi connectivity index (χ1) is 14.6. The molecule has 4 rings (SSSR count). The number of methoxy groups -OCH3 is 2. The molecule has 0 spiro atoms. The lowest BCUT2D eigenvalue weighted by atomic mass is 9.98. The fourth-order valence-electron chi connectivity index (χ4n) is 3.73. The molecule has 30 heavy (non-hydrogen) atoms. The molecular weight excluding hydrogens is 405 g/mol. The van der Waals surface area contributed by atoms with Crippen LogP contribution in [0.4, 0.5) is 4.39 Å². The molecule has 3 aromatic rings. The number of ether oxygens (including phenoxy) is 2. The predicted octanol–water partition coefficient (Wildman–Crippen LogP) is 4.38. The van der Waals surface area contributed by atoms with Gasteiger partial charge in [-0.3, -0.25) is 4.79 Å². The fraction of sp³-hybridized carbons (Fsp3) is 0.318. The van der Waals surface area contributed by atoms with E-state index in [0.29, 0.717) is 40.7 Å². The summed E-state index contributed by atoms with van der Waals surface area (Å²) >= 11 is 1.39. The molecule has 1 saturated heterocycles. The van der Waals surface area contributed by atoms with Crippen LogP contribution in [0.25, 0.3) is 10.6 Å². The van der Waals surface area contributed by atoms with E-state index >= 15 is 0 Å². The van der Waals surface area contributed by atoms with E-state index in [1.807, 2.05) is 4.90 Å². The molecular formula is C22H22FN3O3S. The topological polar surface area (TPSA) is 64.5 Å². The predicted molar refractivity (Wildman–Crippen MR) is 113 cm³/mol. The molecule has 1 unspecified atom stereocenters. The van der Waals surface area contributed by atoms with Crippen LogP contribution in [0.1, 0.15) is 34.1 Å². The standard InChI is InChI=1S/C22H22FN3O3S/c1-28-18-11-5-9-16(19(18)29-2)22(27)26-12-6-7-14(13-26)20-24-25-21(30-20)15-8-3-4-10-17(15)23/h3-5,8-11,14H,6-7,12-13H2,1-2H3. The number of aromatic nitrogens is 2. The van der Waals surface area contributed by atoms with Gasteiger partial charge in [-0.15, -0.1) is 10.2 Å². The molecule has 0 N–H and O–H groups in total. The number of carbonyl (C=O) groups excluding carboxylic acids is 1. The highest BCUT2D eigenvalue weighted by molar-refractivity contribution is 7.14. The summed E-state index contributed by atoms with van der Waals surface area (Å²) in [6.07, 6.45) is 1.77. The minimum atomic E-state index is -0.314. The van der Waals surface area contributed by atoms with Crippen LogP contribution in [0.2, 0.25) is 0 Å². The molecule has 0 aliphatic carbocycles. The first-order valence-electron chi connectivity index (χ1n) is 9.71. The number of hydrogen-bond acceptors (Lipinski definition) is 6. The number of halogens is 1. The molecule has 156 valence electrons. The van der Waals surface area contributed by atoms with Gasteiger partial charge in [-0.05, 0) is 37.1 Å². The molecule has 1 fully saturated rings. The lowest BCUT2D eigenvalue weighted by molar-refractivity contribution is 0.0702. The molecule has 6 nitrogen and oxygen atoms in total. The Balaban J connectivity index is 1.55. The van der Waals surface area contributed by atoms with Gasteiger partial charge < -0.3 is 14.4 Å². The second-order valence-corrected chi connectivity index (χ2v) is 8.07. The summed E-state index contributed by atoms with van der Waals surface area (Å²) in [5, 5.41) is 9.87. The van der Waals surface area contributed by atoms with Crippen molar-refractivity contribution < 1.29 is 18.7 Å². The molecule has 1 aliphatic heterocycles. The number of rotatable bonds is 5. The molecule has 8 heteroatoms. The maximum absolute atomic E-state index is 14.1. The molecule has 2 heterocycles. The van der Waals surface area contributed by atoms with Crippen LogP contribution in [0.3, 0.4) is 0 Å². The molecule has 0 bridgehead atoms. The van der Waals surface area contributed by atoms with E-state index in [1.54, 1.807) is 43.5 Å². The van der Waals surface area contributed by atoms with Crippen molar-refractivity contribution in [1.29, 1.82) is 0 Å². The minimum Gasteiger partial charge on any atom is -0.493 e. The number of likely N-dealkylation sites (tertiary alicyclic amines) is 1. The second-order valence-electron chi connectivity index (χ2n) is 7.06. The van der Waals surface area contributed by atoms with Crippen molar-refractivity contribution in [2.45, 2.75) is 18.8 Å². The van der Waals surface area contributed by atoms with Gasteiger partial charge in [-0.1, -0.05) is 29.5 Å². The van der Waals surface area contributed by atoms with Crippen LogP contribution >= 0.6 is 11.3 Å². The van der Waals surface area contributed by atoms with Crippen LogP contribution < -0.4 is 9.47 Å². The number of carbonyl (C=O) groups is 1. The number of nitrogens with zero attached hydrogens (tertiary/aromatic N) is 3. The Hall–Kier alpha value is -3.00. The van der Waals surface area contributed by atoms with Crippen LogP contribution in [0, 0.1) is 5.82 Å². The molecule has 1 aromatic heterocycles. The summed E-state index contributed by atoms with van der Waals surface area (Å²) in [5.74, 6) is 0.609. The van der Waals surface area contributed by atoms with E-state index in [0.717, 1.165) is 17.8 Å². The highest BCUT2D eigenvalue weighted by Gasteiger charge is 2.30.